The van der Waals surface area contributed by atoms with Gasteiger partial charge < -0.3 is 5.11 Å². The van der Waals surface area contributed by atoms with Gasteiger partial charge in [-0.1, -0.05) is 33.1 Å². The Morgan fingerprint density at radius 2 is 2.12 bits per heavy atom. The molecule has 1 heterocycles. The number of aryl methyl sites for hydroxylation is 1. The van der Waals surface area contributed by atoms with E-state index in [1.54, 1.807) is 11.3 Å². The Labute approximate surface area is 111 Å². The number of thiophene rings is 1. The molecule has 1 nitrogen and oxygen atoms in total. The van der Waals surface area contributed by atoms with Crippen LogP contribution >= 0.6 is 27.3 Å². The van der Waals surface area contributed by atoms with E-state index in [1.165, 1.54) is 17.7 Å². The van der Waals surface area contributed by atoms with Crippen molar-refractivity contribution in [3.05, 3.63) is 20.3 Å². The molecule has 1 aromatic heterocycles. The van der Waals surface area contributed by atoms with Gasteiger partial charge in [-0.15, -0.1) is 11.3 Å². The molecule has 92 valence electrons. The van der Waals surface area contributed by atoms with Gasteiger partial charge in [0.05, 0.1) is 6.10 Å². The zero-order chi connectivity index (χ0) is 12.1. The second kappa shape index (κ2) is 6.77. The first kappa shape index (κ1) is 14.2. The first-order valence-electron chi connectivity index (χ1n) is 6.04. The molecule has 1 N–H and O–H groups in total. The van der Waals surface area contributed by atoms with Gasteiger partial charge in [0.15, 0.2) is 0 Å². The largest absolute Gasteiger partial charge is 0.387 e. The zero-order valence-corrected chi connectivity index (χ0v) is 12.7. The summed E-state index contributed by atoms with van der Waals surface area (Å²) in [6, 6.07) is 2.07. The molecule has 3 heteroatoms. The molecule has 0 aliphatic heterocycles. The maximum atomic E-state index is 10.3. The molecule has 0 amide bonds. The van der Waals surface area contributed by atoms with Crippen molar-refractivity contribution in [3.63, 3.8) is 0 Å². The summed E-state index contributed by atoms with van der Waals surface area (Å²) in [5, 5.41) is 10.3. The van der Waals surface area contributed by atoms with Gasteiger partial charge in [-0.05, 0) is 41.3 Å². The fourth-order valence-electron chi connectivity index (χ4n) is 1.91. The molecule has 0 fully saturated rings. The monoisotopic (exact) mass is 304 g/mol. The number of halogens is 1. The van der Waals surface area contributed by atoms with E-state index in [2.05, 4.69) is 42.8 Å². The molecule has 0 aromatic carbocycles. The number of hydrogen-bond donors (Lipinski definition) is 1. The van der Waals surface area contributed by atoms with E-state index in [4.69, 9.17) is 0 Å². The van der Waals surface area contributed by atoms with Crippen LogP contribution in [0, 0.1) is 12.8 Å². The van der Waals surface area contributed by atoms with Crippen molar-refractivity contribution in [2.45, 2.75) is 52.6 Å². The minimum atomic E-state index is -0.286. The van der Waals surface area contributed by atoms with E-state index in [0.29, 0.717) is 5.92 Å². The number of aliphatic hydroxyl groups excluding tert-OH is 1. The highest BCUT2D eigenvalue weighted by Crippen LogP contribution is 2.36. The minimum absolute atomic E-state index is 0.286. The van der Waals surface area contributed by atoms with Crippen molar-refractivity contribution in [2.75, 3.05) is 0 Å². The highest BCUT2D eigenvalue weighted by molar-refractivity contribution is 9.10. The molecule has 0 radical (unpaired) electrons. The van der Waals surface area contributed by atoms with Gasteiger partial charge in [-0.2, -0.15) is 0 Å². The third kappa shape index (κ3) is 3.57. The minimum Gasteiger partial charge on any atom is -0.387 e. The zero-order valence-electron chi connectivity index (χ0n) is 10.3. The van der Waals surface area contributed by atoms with Crippen molar-refractivity contribution < 1.29 is 5.11 Å². The van der Waals surface area contributed by atoms with E-state index < -0.39 is 0 Å². The summed E-state index contributed by atoms with van der Waals surface area (Å²) < 4.78 is 1.12. The Bertz CT molecular complexity index is 302. The van der Waals surface area contributed by atoms with Crippen LogP contribution in [0.5, 0.6) is 0 Å². The molecule has 0 saturated carbocycles. The molecule has 1 rings (SSSR count). The third-order valence-electron chi connectivity index (χ3n) is 3.07. The lowest BCUT2D eigenvalue weighted by atomic mass is 9.92. The average Bonchev–Trinajstić information content (AvgIpc) is 2.60. The van der Waals surface area contributed by atoms with Crippen LogP contribution in [0.15, 0.2) is 10.5 Å². The second-order valence-electron chi connectivity index (χ2n) is 4.31. The molecule has 0 saturated heterocycles. The van der Waals surface area contributed by atoms with E-state index >= 15 is 0 Å². The molecule has 0 spiro atoms. The maximum absolute atomic E-state index is 10.3. The number of rotatable bonds is 6. The third-order valence-corrected chi connectivity index (χ3v) is 5.27. The van der Waals surface area contributed by atoms with E-state index in [0.717, 1.165) is 22.2 Å². The van der Waals surface area contributed by atoms with Crippen molar-refractivity contribution in [3.8, 4) is 0 Å². The van der Waals surface area contributed by atoms with Gasteiger partial charge in [0.2, 0.25) is 0 Å². The lowest BCUT2D eigenvalue weighted by Crippen LogP contribution is -2.10. The highest BCUT2D eigenvalue weighted by atomic mass is 79.9. The van der Waals surface area contributed by atoms with Crippen molar-refractivity contribution in [2.24, 2.45) is 5.92 Å². The van der Waals surface area contributed by atoms with Crippen LogP contribution in [0.4, 0.5) is 0 Å². The standard InChI is InChI=1S/C13H21BrOS/c1-4-6-7-10(5-2)13(15)12-8-11(14)9(3)16-12/h8,10,13,15H,4-7H2,1-3H3. The highest BCUT2D eigenvalue weighted by Gasteiger charge is 2.21. The van der Waals surface area contributed by atoms with Gasteiger partial charge in [-0.25, -0.2) is 0 Å². The summed E-state index contributed by atoms with van der Waals surface area (Å²) in [6.45, 7) is 6.45. The fraction of sp³-hybridized carbons (Fsp3) is 0.692. The summed E-state index contributed by atoms with van der Waals surface area (Å²) in [5.74, 6) is 0.407. The Kier molecular flexibility index (Phi) is 6.01. The first-order valence-corrected chi connectivity index (χ1v) is 7.64. The smallest absolute Gasteiger partial charge is 0.0910 e. The predicted octanol–water partition coefficient (Wildman–Crippen LogP) is 5.07. The van der Waals surface area contributed by atoms with Gasteiger partial charge in [-0.3, -0.25) is 0 Å². The summed E-state index contributed by atoms with van der Waals surface area (Å²) in [5.41, 5.74) is 0. The fourth-order valence-corrected chi connectivity index (χ4v) is 3.55. The second-order valence-corrected chi connectivity index (χ2v) is 6.45. The SMILES string of the molecule is CCCCC(CC)C(O)c1cc(Br)c(C)s1. The normalized spacial score (nSPS) is 15.1. The number of unbranched alkanes of at least 4 members (excludes halogenated alkanes) is 1. The topological polar surface area (TPSA) is 20.2 Å². The Balaban J connectivity index is 2.70. The van der Waals surface area contributed by atoms with E-state index in [-0.39, 0.29) is 6.10 Å². The maximum Gasteiger partial charge on any atom is 0.0910 e. The molecule has 2 atom stereocenters. The van der Waals surface area contributed by atoms with Crippen LogP contribution in [-0.4, -0.2) is 5.11 Å². The summed E-state index contributed by atoms with van der Waals surface area (Å²) in [6.07, 6.45) is 4.31. The van der Waals surface area contributed by atoms with Crippen LogP contribution in [0.1, 0.15) is 55.4 Å². The van der Waals surface area contributed by atoms with Crippen molar-refractivity contribution >= 4 is 27.3 Å². The summed E-state index contributed by atoms with van der Waals surface area (Å²) in [7, 11) is 0. The molecular formula is C13H21BrOS. The summed E-state index contributed by atoms with van der Waals surface area (Å²) >= 11 is 5.21. The van der Waals surface area contributed by atoms with Crippen molar-refractivity contribution in [1.29, 1.82) is 0 Å². The Hall–Kier alpha value is 0.140. The molecule has 2 unspecified atom stereocenters. The summed E-state index contributed by atoms with van der Waals surface area (Å²) in [4.78, 5) is 2.35. The molecule has 16 heavy (non-hydrogen) atoms. The van der Waals surface area contributed by atoms with Crippen LogP contribution in [0.3, 0.4) is 0 Å². The lowest BCUT2D eigenvalue weighted by molar-refractivity contribution is 0.102. The van der Waals surface area contributed by atoms with Crippen LogP contribution < -0.4 is 0 Å². The molecule has 0 aliphatic rings. The van der Waals surface area contributed by atoms with Crippen molar-refractivity contribution in [1.82, 2.24) is 0 Å². The predicted molar refractivity (Wildman–Crippen MR) is 75.0 cm³/mol. The van der Waals surface area contributed by atoms with E-state index in [1.807, 2.05) is 0 Å². The van der Waals surface area contributed by atoms with E-state index in [9.17, 15) is 5.11 Å². The van der Waals surface area contributed by atoms with Gasteiger partial charge >= 0.3 is 0 Å². The van der Waals surface area contributed by atoms with Crippen LogP contribution in [-0.2, 0) is 0 Å². The quantitative estimate of drug-likeness (QED) is 0.778. The van der Waals surface area contributed by atoms with Crippen LogP contribution in [0.25, 0.3) is 0 Å². The van der Waals surface area contributed by atoms with Gasteiger partial charge in [0.1, 0.15) is 0 Å². The average molecular weight is 305 g/mol. The Morgan fingerprint density at radius 3 is 2.56 bits per heavy atom. The molecule has 0 aliphatic carbocycles. The number of aliphatic hydroxyl groups is 1. The molecule has 0 bridgehead atoms. The Morgan fingerprint density at radius 1 is 1.44 bits per heavy atom. The van der Waals surface area contributed by atoms with Crippen LogP contribution in [0.2, 0.25) is 0 Å². The van der Waals surface area contributed by atoms with Gasteiger partial charge in [0, 0.05) is 14.2 Å². The van der Waals surface area contributed by atoms with Gasteiger partial charge in [0.25, 0.3) is 0 Å². The lowest BCUT2D eigenvalue weighted by Gasteiger charge is -2.20. The number of hydrogen-bond acceptors (Lipinski definition) is 2. The first-order chi connectivity index (χ1) is 7.60. The molecular weight excluding hydrogens is 284 g/mol. The molecule has 1 aromatic rings.